The van der Waals surface area contributed by atoms with Gasteiger partial charge in [-0.1, -0.05) is 6.92 Å². The lowest BCUT2D eigenvalue weighted by Gasteiger charge is -2.29. The van der Waals surface area contributed by atoms with E-state index in [0.29, 0.717) is 13.2 Å². The molecule has 6 heteroatoms. The van der Waals surface area contributed by atoms with Crippen LogP contribution in [-0.4, -0.2) is 55.5 Å². The fourth-order valence-corrected chi connectivity index (χ4v) is 3.12. The maximum absolute atomic E-state index is 6.03. The van der Waals surface area contributed by atoms with Crippen molar-refractivity contribution in [3.63, 3.8) is 0 Å². The lowest BCUT2D eigenvalue weighted by atomic mass is 10.1. The van der Waals surface area contributed by atoms with Crippen LogP contribution in [0.3, 0.4) is 0 Å². The largest absolute Gasteiger partial charge is 0.372 e. The van der Waals surface area contributed by atoms with Crippen LogP contribution in [0.4, 0.5) is 0 Å². The summed E-state index contributed by atoms with van der Waals surface area (Å²) in [5.41, 5.74) is 0. The molecule has 0 aromatic heterocycles. The second-order valence-corrected chi connectivity index (χ2v) is 6.77. The van der Waals surface area contributed by atoms with E-state index in [2.05, 4.69) is 6.92 Å². The van der Waals surface area contributed by atoms with Crippen molar-refractivity contribution in [3.8, 4) is 0 Å². The van der Waals surface area contributed by atoms with E-state index in [1.165, 1.54) is 0 Å². The molecule has 3 heterocycles. The molecular weight excluding hydrogens is 276 g/mol. The van der Waals surface area contributed by atoms with Gasteiger partial charge >= 0.3 is 0 Å². The molecule has 0 spiro atoms. The standard InChI is InChI=1S/C15H26O6/c1-6-7-16-11-10(9-8-17-14(2,3)19-9)18-13-12(11)20-15(4,5)21-13/h9-13H,6-8H2,1-5H3/t9-,10+,11-,12+,13+/m0/s1. The molecule has 21 heavy (non-hydrogen) atoms. The van der Waals surface area contributed by atoms with Crippen LogP contribution in [0, 0.1) is 0 Å². The minimum Gasteiger partial charge on any atom is -0.372 e. The van der Waals surface area contributed by atoms with E-state index in [4.69, 9.17) is 28.4 Å². The molecular formula is C15H26O6. The fraction of sp³-hybridized carbons (Fsp3) is 1.00. The molecule has 0 N–H and O–H groups in total. The Labute approximate surface area is 126 Å². The summed E-state index contributed by atoms with van der Waals surface area (Å²) >= 11 is 0. The molecule has 5 atom stereocenters. The van der Waals surface area contributed by atoms with Crippen LogP contribution in [0.1, 0.15) is 41.0 Å². The van der Waals surface area contributed by atoms with Gasteiger partial charge < -0.3 is 28.4 Å². The number of rotatable bonds is 4. The van der Waals surface area contributed by atoms with Crippen molar-refractivity contribution in [1.29, 1.82) is 0 Å². The molecule has 6 nitrogen and oxygen atoms in total. The third kappa shape index (κ3) is 3.11. The first-order valence-electron chi connectivity index (χ1n) is 7.76. The van der Waals surface area contributed by atoms with E-state index in [1.807, 2.05) is 27.7 Å². The molecule has 3 fully saturated rings. The highest BCUT2D eigenvalue weighted by Gasteiger charge is 2.58. The Morgan fingerprint density at radius 3 is 2.38 bits per heavy atom. The van der Waals surface area contributed by atoms with Crippen molar-refractivity contribution < 1.29 is 28.4 Å². The Morgan fingerprint density at radius 1 is 1.00 bits per heavy atom. The molecule has 0 saturated carbocycles. The van der Waals surface area contributed by atoms with Gasteiger partial charge in [0.05, 0.1) is 6.61 Å². The molecule has 3 aliphatic heterocycles. The van der Waals surface area contributed by atoms with E-state index in [-0.39, 0.29) is 24.4 Å². The van der Waals surface area contributed by atoms with Crippen molar-refractivity contribution in [2.45, 2.75) is 83.3 Å². The number of fused-ring (bicyclic) bond motifs is 1. The third-order valence-corrected chi connectivity index (χ3v) is 3.94. The third-order valence-electron chi connectivity index (χ3n) is 3.94. The van der Waals surface area contributed by atoms with Crippen LogP contribution in [0.5, 0.6) is 0 Å². The Hall–Kier alpha value is -0.240. The first-order chi connectivity index (χ1) is 9.81. The Balaban J connectivity index is 1.72. The van der Waals surface area contributed by atoms with Crippen molar-refractivity contribution in [2.75, 3.05) is 13.2 Å². The summed E-state index contributed by atoms with van der Waals surface area (Å²) < 4.78 is 35.3. The fourth-order valence-electron chi connectivity index (χ4n) is 3.12. The molecule has 122 valence electrons. The molecule has 3 rings (SSSR count). The van der Waals surface area contributed by atoms with E-state index in [9.17, 15) is 0 Å². The second kappa shape index (κ2) is 5.44. The van der Waals surface area contributed by atoms with Gasteiger partial charge in [0.25, 0.3) is 0 Å². The maximum atomic E-state index is 6.03. The van der Waals surface area contributed by atoms with Crippen LogP contribution >= 0.6 is 0 Å². The van der Waals surface area contributed by atoms with Gasteiger partial charge in [0.1, 0.15) is 24.4 Å². The average Bonchev–Trinajstić information content (AvgIpc) is 2.96. The van der Waals surface area contributed by atoms with Gasteiger partial charge in [-0.05, 0) is 34.1 Å². The van der Waals surface area contributed by atoms with Crippen LogP contribution in [0.2, 0.25) is 0 Å². The Bertz CT molecular complexity index is 382. The summed E-state index contributed by atoms with van der Waals surface area (Å²) in [6.45, 7) is 10.8. The van der Waals surface area contributed by atoms with Crippen LogP contribution in [0.15, 0.2) is 0 Å². The smallest absolute Gasteiger partial charge is 0.190 e. The van der Waals surface area contributed by atoms with Gasteiger partial charge in [0.15, 0.2) is 17.9 Å². The van der Waals surface area contributed by atoms with Gasteiger partial charge in [0, 0.05) is 6.61 Å². The van der Waals surface area contributed by atoms with Crippen molar-refractivity contribution in [3.05, 3.63) is 0 Å². The normalized spacial score (nSPS) is 44.1. The zero-order valence-electron chi connectivity index (χ0n) is 13.5. The first kappa shape index (κ1) is 15.6. The number of ether oxygens (including phenoxy) is 6. The summed E-state index contributed by atoms with van der Waals surface area (Å²) in [5.74, 6) is -1.22. The minimum absolute atomic E-state index is 0.164. The molecule has 0 aliphatic carbocycles. The number of hydrogen-bond donors (Lipinski definition) is 0. The highest BCUT2D eigenvalue weighted by molar-refractivity contribution is 4.98. The summed E-state index contributed by atoms with van der Waals surface area (Å²) in [4.78, 5) is 0. The van der Waals surface area contributed by atoms with Gasteiger partial charge in [-0.15, -0.1) is 0 Å². The molecule has 0 bridgehead atoms. The Kier molecular flexibility index (Phi) is 4.05. The molecule has 0 radical (unpaired) electrons. The monoisotopic (exact) mass is 302 g/mol. The average molecular weight is 302 g/mol. The summed E-state index contributed by atoms with van der Waals surface area (Å²) in [7, 11) is 0. The van der Waals surface area contributed by atoms with Gasteiger partial charge in [0.2, 0.25) is 0 Å². The quantitative estimate of drug-likeness (QED) is 0.789. The zero-order chi connectivity index (χ0) is 15.3. The van der Waals surface area contributed by atoms with Gasteiger partial charge in [-0.2, -0.15) is 0 Å². The van der Waals surface area contributed by atoms with Gasteiger partial charge in [-0.25, -0.2) is 0 Å². The molecule has 3 saturated heterocycles. The Morgan fingerprint density at radius 2 is 1.76 bits per heavy atom. The van der Waals surface area contributed by atoms with E-state index >= 15 is 0 Å². The van der Waals surface area contributed by atoms with Crippen molar-refractivity contribution >= 4 is 0 Å². The first-order valence-corrected chi connectivity index (χ1v) is 7.76. The lowest BCUT2D eigenvalue weighted by Crippen LogP contribution is -2.44. The summed E-state index contributed by atoms with van der Waals surface area (Å²) in [5, 5.41) is 0. The highest BCUT2D eigenvalue weighted by atomic mass is 16.8. The molecule has 0 aromatic rings. The molecule has 0 amide bonds. The topological polar surface area (TPSA) is 55.4 Å². The molecule has 0 unspecified atom stereocenters. The van der Waals surface area contributed by atoms with E-state index < -0.39 is 17.9 Å². The highest BCUT2D eigenvalue weighted by Crippen LogP contribution is 2.41. The summed E-state index contributed by atoms with van der Waals surface area (Å²) in [6, 6.07) is 0. The van der Waals surface area contributed by atoms with Crippen LogP contribution in [0.25, 0.3) is 0 Å². The van der Waals surface area contributed by atoms with Crippen LogP contribution < -0.4 is 0 Å². The maximum Gasteiger partial charge on any atom is 0.190 e. The SMILES string of the molecule is CCCO[C@@H]1[C@H]2OC(C)(C)O[C@H]2O[C@@H]1[C@@H]1COC(C)(C)O1. The minimum atomic E-state index is -0.638. The predicted octanol–water partition coefficient (Wildman–Crippen LogP) is 1.81. The van der Waals surface area contributed by atoms with Gasteiger partial charge in [-0.3, -0.25) is 0 Å². The van der Waals surface area contributed by atoms with Crippen LogP contribution in [-0.2, 0) is 28.4 Å². The molecule has 0 aromatic carbocycles. The second-order valence-electron chi connectivity index (χ2n) is 6.77. The summed E-state index contributed by atoms with van der Waals surface area (Å²) in [6.07, 6.45) is -0.271. The van der Waals surface area contributed by atoms with Crippen molar-refractivity contribution in [1.82, 2.24) is 0 Å². The molecule has 3 aliphatic rings. The van der Waals surface area contributed by atoms with E-state index in [1.54, 1.807) is 0 Å². The van der Waals surface area contributed by atoms with E-state index in [0.717, 1.165) is 6.42 Å². The van der Waals surface area contributed by atoms with Crippen molar-refractivity contribution in [2.24, 2.45) is 0 Å². The lowest BCUT2D eigenvalue weighted by molar-refractivity contribution is -0.235. The number of hydrogen-bond acceptors (Lipinski definition) is 6. The predicted molar refractivity (Wildman–Crippen MR) is 73.6 cm³/mol. The zero-order valence-corrected chi connectivity index (χ0v) is 13.5.